The van der Waals surface area contributed by atoms with E-state index in [2.05, 4.69) is 20.9 Å². The van der Waals surface area contributed by atoms with Crippen molar-refractivity contribution in [2.45, 2.75) is 5.33 Å². The van der Waals surface area contributed by atoms with Gasteiger partial charge in [-0.15, -0.1) is 0 Å². The van der Waals surface area contributed by atoms with Crippen molar-refractivity contribution in [3.05, 3.63) is 54.1 Å². The van der Waals surface area contributed by atoms with Gasteiger partial charge in [0.15, 0.2) is 0 Å². The normalized spacial score (nSPS) is 10.3. The highest BCUT2D eigenvalue weighted by Crippen LogP contribution is 2.19. The SMILES string of the molecule is Fc1cccc(-c2ccc(CBr)nc2)c1. The van der Waals surface area contributed by atoms with Crippen LogP contribution in [-0.2, 0) is 5.33 Å². The highest BCUT2D eigenvalue weighted by molar-refractivity contribution is 9.08. The summed E-state index contributed by atoms with van der Waals surface area (Å²) in [6, 6.07) is 10.4. The van der Waals surface area contributed by atoms with Gasteiger partial charge in [-0.1, -0.05) is 34.1 Å². The van der Waals surface area contributed by atoms with Crippen LogP contribution in [0.2, 0.25) is 0 Å². The fraction of sp³-hybridized carbons (Fsp3) is 0.0833. The molecule has 0 aliphatic rings. The molecule has 0 radical (unpaired) electrons. The fourth-order valence-corrected chi connectivity index (χ4v) is 1.67. The zero-order valence-electron chi connectivity index (χ0n) is 7.95. The van der Waals surface area contributed by atoms with Crippen molar-refractivity contribution in [3.8, 4) is 11.1 Å². The number of hydrogen-bond acceptors (Lipinski definition) is 1. The maximum absolute atomic E-state index is 13.0. The summed E-state index contributed by atoms with van der Waals surface area (Å²) in [6.45, 7) is 0. The number of rotatable bonds is 2. The second kappa shape index (κ2) is 4.53. The summed E-state index contributed by atoms with van der Waals surface area (Å²) in [7, 11) is 0. The van der Waals surface area contributed by atoms with Crippen molar-refractivity contribution < 1.29 is 4.39 Å². The molecule has 0 bridgehead atoms. The third-order valence-electron chi connectivity index (χ3n) is 2.12. The molecular weight excluding hydrogens is 257 g/mol. The third-order valence-corrected chi connectivity index (χ3v) is 2.69. The maximum Gasteiger partial charge on any atom is 0.123 e. The molecule has 0 aliphatic heterocycles. The van der Waals surface area contributed by atoms with Gasteiger partial charge in [-0.3, -0.25) is 4.98 Å². The van der Waals surface area contributed by atoms with E-state index in [-0.39, 0.29) is 5.82 Å². The number of alkyl halides is 1. The van der Waals surface area contributed by atoms with Gasteiger partial charge in [0.1, 0.15) is 5.82 Å². The first-order chi connectivity index (χ1) is 7.29. The smallest absolute Gasteiger partial charge is 0.123 e. The van der Waals surface area contributed by atoms with Crippen molar-refractivity contribution in [2.24, 2.45) is 0 Å². The monoisotopic (exact) mass is 265 g/mol. The molecular formula is C12H9BrFN. The van der Waals surface area contributed by atoms with Gasteiger partial charge in [0.2, 0.25) is 0 Å². The van der Waals surface area contributed by atoms with Crippen LogP contribution in [0, 0.1) is 5.82 Å². The Morgan fingerprint density at radius 3 is 2.60 bits per heavy atom. The zero-order chi connectivity index (χ0) is 10.7. The average Bonchev–Trinajstić information content (AvgIpc) is 2.29. The standard InChI is InChI=1S/C12H9BrFN/c13-7-12-5-4-10(8-15-12)9-2-1-3-11(14)6-9/h1-6,8H,7H2. The molecule has 0 N–H and O–H groups in total. The van der Waals surface area contributed by atoms with E-state index in [1.54, 1.807) is 12.3 Å². The fourth-order valence-electron chi connectivity index (χ4n) is 1.34. The molecule has 1 aromatic carbocycles. The molecule has 1 aromatic heterocycles. The van der Waals surface area contributed by atoms with E-state index in [0.717, 1.165) is 22.2 Å². The lowest BCUT2D eigenvalue weighted by molar-refractivity contribution is 0.628. The van der Waals surface area contributed by atoms with Crippen LogP contribution in [0.25, 0.3) is 11.1 Å². The predicted molar refractivity (Wildman–Crippen MR) is 62.3 cm³/mol. The minimum atomic E-state index is -0.225. The van der Waals surface area contributed by atoms with Crippen molar-refractivity contribution in [3.63, 3.8) is 0 Å². The third kappa shape index (κ3) is 2.42. The Hall–Kier alpha value is -1.22. The quantitative estimate of drug-likeness (QED) is 0.754. The van der Waals surface area contributed by atoms with Gasteiger partial charge < -0.3 is 0 Å². The number of halogens is 2. The lowest BCUT2D eigenvalue weighted by Crippen LogP contribution is -1.86. The summed E-state index contributed by atoms with van der Waals surface area (Å²) in [5, 5.41) is 0.733. The van der Waals surface area contributed by atoms with Crippen LogP contribution in [0.4, 0.5) is 4.39 Å². The van der Waals surface area contributed by atoms with Gasteiger partial charge in [-0.25, -0.2) is 4.39 Å². The molecule has 0 spiro atoms. The molecule has 0 unspecified atom stereocenters. The number of pyridine rings is 1. The Labute approximate surface area is 96.1 Å². The number of aromatic nitrogens is 1. The Balaban J connectivity index is 2.37. The Morgan fingerprint density at radius 2 is 2.00 bits per heavy atom. The largest absolute Gasteiger partial charge is 0.260 e. The topological polar surface area (TPSA) is 12.9 Å². The summed E-state index contributed by atoms with van der Waals surface area (Å²) >= 11 is 3.33. The first-order valence-corrected chi connectivity index (χ1v) is 5.68. The predicted octanol–water partition coefficient (Wildman–Crippen LogP) is 3.78. The van der Waals surface area contributed by atoms with Crippen LogP contribution in [0.15, 0.2) is 42.6 Å². The first kappa shape index (κ1) is 10.3. The summed E-state index contributed by atoms with van der Waals surface area (Å²) in [6.07, 6.45) is 1.76. The van der Waals surface area contributed by atoms with E-state index >= 15 is 0 Å². The molecule has 3 heteroatoms. The van der Waals surface area contributed by atoms with Crippen LogP contribution >= 0.6 is 15.9 Å². The lowest BCUT2D eigenvalue weighted by atomic mass is 10.1. The molecule has 1 heterocycles. The molecule has 0 amide bonds. The highest BCUT2D eigenvalue weighted by Gasteiger charge is 1.99. The molecule has 15 heavy (non-hydrogen) atoms. The highest BCUT2D eigenvalue weighted by atomic mass is 79.9. The Kier molecular flexibility index (Phi) is 3.11. The van der Waals surface area contributed by atoms with Crippen molar-refractivity contribution in [1.29, 1.82) is 0 Å². The molecule has 2 rings (SSSR count). The van der Waals surface area contributed by atoms with Gasteiger partial charge in [-0.05, 0) is 23.8 Å². The van der Waals surface area contributed by atoms with E-state index in [1.165, 1.54) is 12.1 Å². The second-order valence-electron chi connectivity index (χ2n) is 3.18. The molecule has 0 saturated carbocycles. The van der Waals surface area contributed by atoms with E-state index in [4.69, 9.17) is 0 Å². The van der Waals surface area contributed by atoms with Crippen molar-refractivity contribution in [1.82, 2.24) is 4.98 Å². The molecule has 76 valence electrons. The van der Waals surface area contributed by atoms with E-state index < -0.39 is 0 Å². The molecule has 2 aromatic rings. The minimum absolute atomic E-state index is 0.225. The summed E-state index contributed by atoms with van der Waals surface area (Å²) in [4.78, 5) is 4.23. The maximum atomic E-state index is 13.0. The van der Waals surface area contributed by atoms with Gasteiger partial charge in [0.05, 0.1) is 5.69 Å². The van der Waals surface area contributed by atoms with Crippen LogP contribution < -0.4 is 0 Å². The Bertz CT molecular complexity index is 453. The van der Waals surface area contributed by atoms with Gasteiger partial charge in [0, 0.05) is 17.1 Å². The summed E-state index contributed by atoms with van der Waals surface area (Å²) in [5.41, 5.74) is 2.75. The molecule has 0 saturated heterocycles. The van der Waals surface area contributed by atoms with E-state index in [1.807, 2.05) is 18.2 Å². The van der Waals surface area contributed by atoms with Gasteiger partial charge >= 0.3 is 0 Å². The first-order valence-electron chi connectivity index (χ1n) is 4.56. The number of benzene rings is 1. The van der Waals surface area contributed by atoms with Crippen molar-refractivity contribution >= 4 is 15.9 Å². The second-order valence-corrected chi connectivity index (χ2v) is 3.74. The van der Waals surface area contributed by atoms with Gasteiger partial charge in [-0.2, -0.15) is 0 Å². The Morgan fingerprint density at radius 1 is 1.13 bits per heavy atom. The van der Waals surface area contributed by atoms with Crippen LogP contribution in [-0.4, -0.2) is 4.98 Å². The van der Waals surface area contributed by atoms with E-state index in [9.17, 15) is 4.39 Å². The van der Waals surface area contributed by atoms with Crippen molar-refractivity contribution in [2.75, 3.05) is 0 Å². The molecule has 1 nitrogen and oxygen atoms in total. The molecule has 0 aliphatic carbocycles. The average molecular weight is 266 g/mol. The summed E-state index contributed by atoms with van der Waals surface area (Å²) in [5.74, 6) is -0.225. The minimum Gasteiger partial charge on any atom is -0.260 e. The van der Waals surface area contributed by atoms with Crippen LogP contribution in [0.3, 0.4) is 0 Å². The lowest BCUT2D eigenvalue weighted by Gasteiger charge is -2.01. The summed E-state index contributed by atoms with van der Waals surface area (Å²) < 4.78 is 13.0. The van der Waals surface area contributed by atoms with E-state index in [0.29, 0.717) is 0 Å². The number of nitrogens with zero attached hydrogens (tertiary/aromatic N) is 1. The van der Waals surface area contributed by atoms with Crippen LogP contribution in [0.5, 0.6) is 0 Å². The molecule has 0 fully saturated rings. The zero-order valence-corrected chi connectivity index (χ0v) is 9.54. The molecule has 0 atom stereocenters. The van der Waals surface area contributed by atoms with Gasteiger partial charge in [0.25, 0.3) is 0 Å². The number of hydrogen-bond donors (Lipinski definition) is 0. The van der Waals surface area contributed by atoms with Crippen LogP contribution in [0.1, 0.15) is 5.69 Å².